The van der Waals surface area contributed by atoms with Crippen molar-refractivity contribution in [1.82, 2.24) is 4.90 Å². The zero-order valence-electron chi connectivity index (χ0n) is 10.6. The van der Waals surface area contributed by atoms with Crippen LogP contribution in [0.25, 0.3) is 0 Å². The van der Waals surface area contributed by atoms with Crippen molar-refractivity contribution >= 4 is 27.6 Å². The van der Waals surface area contributed by atoms with E-state index in [1.165, 1.54) is 4.90 Å². The molecular formula is C12H17BrN2O3. The van der Waals surface area contributed by atoms with Crippen LogP contribution in [0, 0.1) is 0 Å². The van der Waals surface area contributed by atoms with E-state index in [-0.39, 0.29) is 18.7 Å². The Labute approximate surface area is 115 Å². The number of hydrogen-bond donors (Lipinski definition) is 2. The SMILES string of the molecule is COc1ccc(NC(=O)N(C)C(C)CO)c(Br)c1. The van der Waals surface area contributed by atoms with E-state index in [1.807, 2.05) is 0 Å². The second kappa shape index (κ2) is 6.61. The zero-order chi connectivity index (χ0) is 13.7. The van der Waals surface area contributed by atoms with E-state index in [2.05, 4.69) is 21.2 Å². The van der Waals surface area contributed by atoms with Gasteiger partial charge in [-0.3, -0.25) is 0 Å². The van der Waals surface area contributed by atoms with Crippen LogP contribution in [-0.2, 0) is 0 Å². The predicted molar refractivity (Wildman–Crippen MR) is 74.0 cm³/mol. The normalized spacial score (nSPS) is 11.8. The maximum absolute atomic E-state index is 11.9. The minimum Gasteiger partial charge on any atom is -0.497 e. The van der Waals surface area contributed by atoms with Crippen LogP contribution in [0.2, 0.25) is 0 Å². The van der Waals surface area contributed by atoms with Crippen LogP contribution in [-0.4, -0.2) is 42.8 Å². The molecule has 0 heterocycles. The number of hydrogen-bond acceptors (Lipinski definition) is 3. The molecule has 6 heteroatoms. The maximum atomic E-state index is 11.9. The summed E-state index contributed by atoms with van der Waals surface area (Å²) >= 11 is 3.36. The van der Waals surface area contributed by atoms with Gasteiger partial charge in [-0.05, 0) is 41.1 Å². The average Bonchev–Trinajstić information content (AvgIpc) is 2.38. The summed E-state index contributed by atoms with van der Waals surface area (Å²) in [6.45, 7) is 1.69. The fraction of sp³-hybridized carbons (Fsp3) is 0.417. The fourth-order valence-corrected chi connectivity index (χ4v) is 1.71. The lowest BCUT2D eigenvalue weighted by atomic mass is 10.3. The minimum absolute atomic E-state index is 0.0757. The van der Waals surface area contributed by atoms with E-state index in [0.29, 0.717) is 11.4 Å². The highest BCUT2D eigenvalue weighted by Gasteiger charge is 2.15. The average molecular weight is 317 g/mol. The van der Waals surface area contributed by atoms with E-state index in [4.69, 9.17) is 9.84 Å². The number of benzene rings is 1. The first-order valence-corrected chi connectivity index (χ1v) is 6.27. The molecule has 0 aromatic heterocycles. The molecule has 1 aromatic rings. The van der Waals surface area contributed by atoms with Crippen LogP contribution in [0.15, 0.2) is 22.7 Å². The van der Waals surface area contributed by atoms with Gasteiger partial charge in [-0.1, -0.05) is 0 Å². The summed E-state index contributed by atoms with van der Waals surface area (Å²) in [7, 11) is 3.21. The molecule has 2 amide bonds. The van der Waals surface area contributed by atoms with E-state index >= 15 is 0 Å². The van der Waals surface area contributed by atoms with Crippen molar-refractivity contribution in [2.45, 2.75) is 13.0 Å². The minimum atomic E-state index is -0.276. The smallest absolute Gasteiger partial charge is 0.321 e. The van der Waals surface area contributed by atoms with Gasteiger partial charge in [0.1, 0.15) is 5.75 Å². The van der Waals surface area contributed by atoms with Crippen LogP contribution < -0.4 is 10.1 Å². The van der Waals surface area contributed by atoms with Crippen molar-refractivity contribution in [2.24, 2.45) is 0 Å². The van der Waals surface area contributed by atoms with Crippen LogP contribution in [0.4, 0.5) is 10.5 Å². The summed E-state index contributed by atoms with van der Waals surface area (Å²) in [5.74, 6) is 0.706. The first kappa shape index (κ1) is 14.8. The van der Waals surface area contributed by atoms with E-state index in [1.54, 1.807) is 39.3 Å². The molecular weight excluding hydrogens is 300 g/mol. The largest absolute Gasteiger partial charge is 0.497 e. The van der Waals surface area contributed by atoms with Gasteiger partial charge in [-0.15, -0.1) is 0 Å². The molecule has 0 aliphatic heterocycles. The molecule has 100 valence electrons. The Kier molecular flexibility index (Phi) is 5.43. The lowest BCUT2D eigenvalue weighted by Gasteiger charge is -2.23. The number of nitrogens with zero attached hydrogens (tertiary/aromatic N) is 1. The monoisotopic (exact) mass is 316 g/mol. The van der Waals surface area contributed by atoms with Crippen LogP contribution in [0.1, 0.15) is 6.92 Å². The Morgan fingerprint density at radius 3 is 2.78 bits per heavy atom. The van der Waals surface area contributed by atoms with Gasteiger partial charge < -0.3 is 20.1 Å². The first-order valence-electron chi connectivity index (χ1n) is 5.47. The molecule has 1 rings (SSSR count). The van der Waals surface area contributed by atoms with Gasteiger partial charge in [0.15, 0.2) is 0 Å². The van der Waals surface area contributed by atoms with Crippen molar-refractivity contribution in [3.8, 4) is 5.75 Å². The van der Waals surface area contributed by atoms with Crippen LogP contribution >= 0.6 is 15.9 Å². The zero-order valence-corrected chi connectivity index (χ0v) is 12.2. The van der Waals surface area contributed by atoms with Crippen LogP contribution in [0.5, 0.6) is 5.75 Å². The molecule has 1 aromatic carbocycles. The number of rotatable bonds is 4. The highest BCUT2D eigenvalue weighted by Crippen LogP contribution is 2.27. The summed E-state index contributed by atoms with van der Waals surface area (Å²) in [4.78, 5) is 13.3. The Bertz CT molecular complexity index is 426. The Hall–Kier alpha value is -1.27. The Morgan fingerprint density at radius 2 is 2.28 bits per heavy atom. The van der Waals surface area contributed by atoms with Crippen molar-refractivity contribution < 1.29 is 14.6 Å². The summed E-state index contributed by atoms with van der Waals surface area (Å²) in [5, 5.41) is 11.7. The third-order valence-corrected chi connectivity index (χ3v) is 3.32. The fourth-order valence-electron chi connectivity index (χ4n) is 1.25. The van der Waals surface area contributed by atoms with Gasteiger partial charge in [0, 0.05) is 11.5 Å². The van der Waals surface area contributed by atoms with Gasteiger partial charge in [-0.2, -0.15) is 0 Å². The molecule has 2 N–H and O–H groups in total. The summed E-state index contributed by atoms with van der Waals surface area (Å²) in [5.41, 5.74) is 0.651. The standard InChI is InChI=1S/C12H17BrN2O3/c1-8(7-16)15(2)12(17)14-11-5-4-9(18-3)6-10(11)13/h4-6,8,16H,7H2,1-3H3,(H,14,17). The number of likely N-dealkylation sites (N-methyl/N-ethyl adjacent to an activating group) is 1. The van der Waals surface area contributed by atoms with Gasteiger partial charge in [0.05, 0.1) is 25.4 Å². The lowest BCUT2D eigenvalue weighted by Crippen LogP contribution is -2.40. The number of methoxy groups -OCH3 is 1. The number of nitrogens with one attached hydrogen (secondary N) is 1. The van der Waals surface area contributed by atoms with E-state index < -0.39 is 0 Å². The molecule has 0 bridgehead atoms. The molecule has 0 radical (unpaired) electrons. The number of urea groups is 1. The second-order valence-corrected chi connectivity index (χ2v) is 4.77. The predicted octanol–water partition coefficient (Wildman–Crippen LogP) is 2.30. The molecule has 0 aliphatic rings. The van der Waals surface area contributed by atoms with Gasteiger partial charge in [-0.25, -0.2) is 4.79 Å². The number of ether oxygens (including phenoxy) is 1. The number of carbonyl (C=O) groups is 1. The third kappa shape index (κ3) is 3.61. The molecule has 0 fully saturated rings. The number of carbonyl (C=O) groups excluding carboxylic acids is 1. The van der Waals surface area contributed by atoms with Crippen molar-refractivity contribution in [3.63, 3.8) is 0 Å². The topological polar surface area (TPSA) is 61.8 Å². The number of aliphatic hydroxyl groups excluding tert-OH is 1. The van der Waals surface area contributed by atoms with Crippen molar-refractivity contribution in [1.29, 1.82) is 0 Å². The number of halogens is 1. The highest BCUT2D eigenvalue weighted by molar-refractivity contribution is 9.10. The molecule has 1 unspecified atom stereocenters. The number of aliphatic hydroxyl groups is 1. The van der Waals surface area contributed by atoms with E-state index in [0.717, 1.165) is 4.47 Å². The van der Waals surface area contributed by atoms with Crippen molar-refractivity contribution in [2.75, 3.05) is 26.1 Å². The van der Waals surface area contributed by atoms with Gasteiger partial charge >= 0.3 is 6.03 Å². The second-order valence-electron chi connectivity index (χ2n) is 3.92. The molecule has 5 nitrogen and oxygen atoms in total. The molecule has 0 spiro atoms. The summed E-state index contributed by atoms with van der Waals surface area (Å²) in [6.07, 6.45) is 0. The lowest BCUT2D eigenvalue weighted by molar-refractivity contribution is 0.166. The molecule has 0 aliphatic carbocycles. The quantitative estimate of drug-likeness (QED) is 0.896. The molecule has 0 saturated carbocycles. The molecule has 1 atom stereocenters. The first-order chi connectivity index (χ1) is 8.49. The number of anilines is 1. The van der Waals surface area contributed by atoms with Crippen molar-refractivity contribution in [3.05, 3.63) is 22.7 Å². The van der Waals surface area contributed by atoms with Gasteiger partial charge in [0.2, 0.25) is 0 Å². The molecule has 0 saturated heterocycles. The summed E-state index contributed by atoms with van der Waals surface area (Å²) in [6, 6.07) is 4.77. The van der Waals surface area contributed by atoms with Crippen LogP contribution in [0.3, 0.4) is 0 Å². The van der Waals surface area contributed by atoms with E-state index in [9.17, 15) is 4.79 Å². The maximum Gasteiger partial charge on any atom is 0.321 e. The third-order valence-electron chi connectivity index (χ3n) is 2.66. The summed E-state index contributed by atoms with van der Waals surface area (Å²) < 4.78 is 5.81. The highest BCUT2D eigenvalue weighted by atomic mass is 79.9. The Balaban J connectivity index is 2.76. The Morgan fingerprint density at radius 1 is 1.61 bits per heavy atom. The molecule has 18 heavy (non-hydrogen) atoms. The number of amides is 2. The van der Waals surface area contributed by atoms with Gasteiger partial charge in [0.25, 0.3) is 0 Å².